The molecule has 24 heavy (non-hydrogen) atoms. The van der Waals surface area contributed by atoms with Gasteiger partial charge >= 0.3 is 5.69 Å². The number of pyridine rings is 1. The van der Waals surface area contributed by atoms with Crippen LogP contribution in [-0.2, 0) is 11.3 Å². The van der Waals surface area contributed by atoms with Crippen LogP contribution in [0.3, 0.4) is 0 Å². The number of aryl methyl sites for hydroxylation is 2. The number of fused-ring (bicyclic) bond motifs is 1. The second kappa shape index (κ2) is 6.45. The van der Waals surface area contributed by atoms with Gasteiger partial charge in [0, 0.05) is 24.0 Å². The molecule has 1 N–H and O–H groups in total. The van der Waals surface area contributed by atoms with Crippen molar-refractivity contribution in [2.45, 2.75) is 19.9 Å². The van der Waals surface area contributed by atoms with Gasteiger partial charge in [0.15, 0.2) is 0 Å². The first-order chi connectivity index (χ1) is 11.5. The van der Waals surface area contributed by atoms with Crippen LogP contribution in [0.5, 0.6) is 0 Å². The van der Waals surface area contributed by atoms with Gasteiger partial charge in [-0.2, -0.15) is 5.10 Å². The van der Waals surface area contributed by atoms with E-state index in [0.29, 0.717) is 5.69 Å². The van der Waals surface area contributed by atoms with E-state index in [1.807, 2.05) is 31.2 Å². The third-order valence-electron chi connectivity index (χ3n) is 3.53. The van der Waals surface area contributed by atoms with E-state index in [1.54, 1.807) is 6.07 Å². The lowest BCUT2D eigenvalue weighted by Gasteiger charge is -2.08. The van der Waals surface area contributed by atoms with E-state index in [2.05, 4.69) is 15.4 Å². The van der Waals surface area contributed by atoms with Crippen LogP contribution in [-0.4, -0.2) is 25.6 Å². The van der Waals surface area contributed by atoms with Crippen molar-refractivity contribution >= 4 is 28.2 Å². The minimum Gasteiger partial charge on any atom is -0.324 e. The molecule has 0 aliphatic heterocycles. The largest absolute Gasteiger partial charge is 0.324 e. The van der Waals surface area contributed by atoms with Crippen LogP contribution in [0.25, 0.3) is 10.9 Å². The zero-order valence-corrected chi connectivity index (χ0v) is 13.0. The van der Waals surface area contributed by atoms with Crippen LogP contribution in [0.15, 0.2) is 42.7 Å². The van der Waals surface area contributed by atoms with Crippen LogP contribution in [0, 0.1) is 17.0 Å². The summed E-state index contributed by atoms with van der Waals surface area (Å²) < 4.78 is 1.38. The van der Waals surface area contributed by atoms with Crippen molar-refractivity contribution in [3.63, 3.8) is 0 Å². The Morgan fingerprint density at radius 2 is 2.17 bits per heavy atom. The zero-order chi connectivity index (χ0) is 17.1. The maximum absolute atomic E-state index is 12.1. The molecule has 0 saturated heterocycles. The molecule has 2 aromatic heterocycles. The lowest BCUT2D eigenvalue weighted by Crippen LogP contribution is -2.15. The number of rotatable bonds is 5. The zero-order valence-electron chi connectivity index (χ0n) is 13.0. The maximum Gasteiger partial charge on any atom is 0.306 e. The Hall–Kier alpha value is -3.29. The fourth-order valence-electron chi connectivity index (χ4n) is 2.34. The molecule has 0 bridgehead atoms. The highest BCUT2D eigenvalue weighted by Crippen LogP contribution is 2.22. The molecule has 0 atom stereocenters. The van der Waals surface area contributed by atoms with Gasteiger partial charge in [0.2, 0.25) is 5.91 Å². The number of carbonyl (C=O) groups excluding carboxylic acids is 1. The van der Waals surface area contributed by atoms with Crippen LogP contribution in [0.4, 0.5) is 11.4 Å². The number of nitrogens with one attached hydrogen (secondary N) is 1. The van der Waals surface area contributed by atoms with Gasteiger partial charge in [-0.3, -0.25) is 24.6 Å². The van der Waals surface area contributed by atoms with Crippen molar-refractivity contribution in [3.8, 4) is 0 Å². The summed E-state index contributed by atoms with van der Waals surface area (Å²) in [6, 6.07) is 9.45. The van der Waals surface area contributed by atoms with E-state index in [4.69, 9.17) is 0 Å². The molecule has 2 heterocycles. The maximum atomic E-state index is 12.1. The Labute approximate surface area is 137 Å². The number of aromatic nitrogens is 3. The number of hydrogen-bond acceptors (Lipinski definition) is 5. The summed E-state index contributed by atoms with van der Waals surface area (Å²) >= 11 is 0. The number of benzene rings is 1. The molecular weight excluding hydrogens is 310 g/mol. The van der Waals surface area contributed by atoms with Gasteiger partial charge < -0.3 is 5.32 Å². The van der Waals surface area contributed by atoms with Crippen LogP contribution < -0.4 is 5.32 Å². The Bertz CT molecular complexity index is 919. The minimum atomic E-state index is -0.520. The number of nitrogens with zero attached hydrogens (tertiary/aromatic N) is 4. The molecule has 0 spiro atoms. The van der Waals surface area contributed by atoms with E-state index in [0.717, 1.165) is 22.8 Å². The van der Waals surface area contributed by atoms with Crippen molar-refractivity contribution in [2.24, 2.45) is 0 Å². The first-order valence-corrected chi connectivity index (χ1v) is 7.36. The van der Waals surface area contributed by atoms with Crippen LogP contribution >= 0.6 is 0 Å². The highest BCUT2D eigenvalue weighted by Gasteiger charge is 2.11. The lowest BCUT2D eigenvalue weighted by atomic mass is 10.1. The molecule has 1 aromatic carbocycles. The van der Waals surface area contributed by atoms with Gasteiger partial charge in [-0.05, 0) is 19.1 Å². The number of anilines is 1. The molecule has 0 radical (unpaired) electrons. The first kappa shape index (κ1) is 15.6. The number of para-hydroxylation sites is 1. The smallest absolute Gasteiger partial charge is 0.306 e. The molecular formula is C16H15N5O3. The van der Waals surface area contributed by atoms with Crippen LogP contribution in [0.2, 0.25) is 0 Å². The highest BCUT2D eigenvalue weighted by atomic mass is 16.6. The van der Waals surface area contributed by atoms with Gasteiger partial charge in [-0.1, -0.05) is 18.2 Å². The van der Waals surface area contributed by atoms with Gasteiger partial charge in [0.05, 0.1) is 16.1 Å². The van der Waals surface area contributed by atoms with Gasteiger partial charge in [-0.25, -0.2) is 0 Å². The molecule has 0 unspecified atom stereocenters. The summed E-state index contributed by atoms with van der Waals surface area (Å²) in [7, 11) is 0. The third kappa shape index (κ3) is 3.37. The summed E-state index contributed by atoms with van der Waals surface area (Å²) in [5, 5.41) is 18.3. The quantitative estimate of drug-likeness (QED) is 0.574. The minimum absolute atomic E-state index is 0.0934. The standard InChI is InChI=1S/C16H15N5O3/c1-11-5-6-12-3-2-4-14(16(12)18-11)19-15(22)7-8-20-10-13(9-17-20)21(23)24/h2-6,9-10H,7-8H2,1H3,(H,19,22). The van der Waals surface area contributed by atoms with E-state index in [9.17, 15) is 14.9 Å². The highest BCUT2D eigenvalue weighted by molar-refractivity contribution is 6.00. The number of nitro groups is 1. The fraction of sp³-hybridized carbons (Fsp3) is 0.188. The SMILES string of the molecule is Cc1ccc2cccc(NC(=O)CCn3cc([N+](=O)[O-])cn3)c2n1. The molecule has 0 fully saturated rings. The molecule has 0 aliphatic carbocycles. The summed E-state index contributed by atoms with van der Waals surface area (Å²) in [4.78, 5) is 26.7. The molecule has 1 amide bonds. The molecule has 0 aliphatic rings. The summed E-state index contributed by atoms with van der Waals surface area (Å²) in [6.07, 6.45) is 2.62. The average Bonchev–Trinajstić information content (AvgIpc) is 3.03. The Morgan fingerprint density at radius 1 is 1.33 bits per heavy atom. The number of carbonyl (C=O) groups is 1. The third-order valence-corrected chi connectivity index (χ3v) is 3.53. The monoisotopic (exact) mass is 325 g/mol. The van der Waals surface area contributed by atoms with Gasteiger partial charge in [-0.15, -0.1) is 0 Å². The normalized spacial score (nSPS) is 10.7. The van der Waals surface area contributed by atoms with Crippen molar-refractivity contribution < 1.29 is 9.72 Å². The molecule has 122 valence electrons. The summed E-state index contributed by atoms with van der Waals surface area (Å²) in [5.74, 6) is -0.205. The molecule has 8 heteroatoms. The Kier molecular flexibility index (Phi) is 4.19. The first-order valence-electron chi connectivity index (χ1n) is 7.36. The van der Waals surface area contributed by atoms with Crippen molar-refractivity contribution in [3.05, 3.63) is 58.5 Å². The molecule has 3 rings (SSSR count). The van der Waals surface area contributed by atoms with Crippen molar-refractivity contribution in [1.29, 1.82) is 0 Å². The molecule has 3 aromatic rings. The Balaban J connectivity index is 1.68. The topological polar surface area (TPSA) is 103 Å². The average molecular weight is 325 g/mol. The van der Waals surface area contributed by atoms with Crippen molar-refractivity contribution in [1.82, 2.24) is 14.8 Å². The second-order valence-corrected chi connectivity index (χ2v) is 5.35. The lowest BCUT2D eigenvalue weighted by molar-refractivity contribution is -0.385. The van der Waals surface area contributed by atoms with Gasteiger partial charge in [0.25, 0.3) is 0 Å². The van der Waals surface area contributed by atoms with E-state index < -0.39 is 4.92 Å². The second-order valence-electron chi connectivity index (χ2n) is 5.35. The van der Waals surface area contributed by atoms with Crippen LogP contribution in [0.1, 0.15) is 12.1 Å². The summed E-state index contributed by atoms with van der Waals surface area (Å²) in [5.41, 5.74) is 2.16. The van der Waals surface area contributed by atoms with E-state index in [-0.39, 0.29) is 24.6 Å². The van der Waals surface area contributed by atoms with Crippen molar-refractivity contribution in [2.75, 3.05) is 5.32 Å². The number of amides is 1. The number of hydrogen-bond donors (Lipinski definition) is 1. The molecule has 0 saturated carbocycles. The predicted octanol–water partition coefficient (Wildman–Crippen LogP) is 2.68. The fourth-order valence-corrected chi connectivity index (χ4v) is 2.34. The van der Waals surface area contributed by atoms with E-state index in [1.165, 1.54) is 10.9 Å². The molecule has 8 nitrogen and oxygen atoms in total. The van der Waals surface area contributed by atoms with E-state index >= 15 is 0 Å². The Morgan fingerprint density at radius 3 is 2.92 bits per heavy atom. The predicted molar refractivity (Wildman–Crippen MR) is 88.6 cm³/mol. The van der Waals surface area contributed by atoms with Gasteiger partial charge in [0.1, 0.15) is 12.4 Å². The summed E-state index contributed by atoms with van der Waals surface area (Å²) in [6.45, 7) is 2.15.